The van der Waals surface area contributed by atoms with Crippen LogP contribution < -0.4 is 0 Å². The van der Waals surface area contributed by atoms with E-state index < -0.39 is 5.97 Å². The summed E-state index contributed by atoms with van der Waals surface area (Å²) in [6.07, 6.45) is 4.06. The molecule has 1 N–H and O–H groups in total. The Bertz CT molecular complexity index is 574. The first-order valence-corrected chi connectivity index (χ1v) is 8.43. The molecule has 0 aliphatic carbocycles. The van der Waals surface area contributed by atoms with Crippen molar-refractivity contribution in [3.63, 3.8) is 0 Å². The number of nitrogens with zero attached hydrogens (tertiary/aromatic N) is 3. The summed E-state index contributed by atoms with van der Waals surface area (Å²) >= 11 is 0. The molecule has 6 heteroatoms. The Labute approximate surface area is 137 Å². The fourth-order valence-corrected chi connectivity index (χ4v) is 3.22. The molecule has 2 heterocycles. The largest absolute Gasteiger partial charge is 0.478 e. The highest BCUT2D eigenvalue weighted by Crippen LogP contribution is 2.26. The standard InChI is InChI=1S/C17H27N3O3/c1-5-11(2)12(3)16(21)19-8-6-14(7-9-19)20-13(4)15(10-18-20)17(22)23/h10-12,14H,5-9H2,1-4H3,(H,22,23). The highest BCUT2D eigenvalue weighted by molar-refractivity contribution is 5.88. The van der Waals surface area contributed by atoms with E-state index in [1.54, 1.807) is 6.92 Å². The van der Waals surface area contributed by atoms with Gasteiger partial charge < -0.3 is 10.0 Å². The number of likely N-dealkylation sites (tertiary alicyclic amines) is 1. The minimum Gasteiger partial charge on any atom is -0.478 e. The lowest BCUT2D eigenvalue weighted by atomic mass is 9.91. The maximum absolute atomic E-state index is 12.5. The van der Waals surface area contributed by atoms with E-state index in [9.17, 15) is 9.59 Å². The van der Waals surface area contributed by atoms with E-state index in [0.717, 1.165) is 19.3 Å². The van der Waals surface area contributed by atoms with Crippen LogP contribution in [0.4, 0.5) is 0 Å². The van der Waals surface area contributed by atoms with E-state index in [4.69, 9.17) is 5.11 Å². The monoisotopic (exact) mass is 321 g/mol. The minimum absolute atomic E-state index is 0.0570. The van der Waals surface area contributed by atoms with Gasteiger partial charge in [-0.1, -0.05) is 27.2 Å². The molecular weight excluding hydrogens is 294 g/mol. The van der Waals surface area contributed by atoms with Crippen molar-refractivity contribution in [3.05, 3.63) is 17.5 Å². The summed E-state index contributed by atoms with van der Waals surface area (Å²) in [4.78, 5) is 25.6. The SMILES string of the molecule is CCC(C)C(C)C(=O)N1CCC(n2ncc(C(=O)O)c2C)CC1. The summed E-state index contributed by atoms with van der Waals surface area (Å²) in [6, 6.07) is 0.172. The highest BCUT2D eigenvalue weighted by atomic mass is 16.4. The molecule has 1 aliphatic rings. The van der Waals surface area contributed by atoms with Gasteiger partial charge in [-0.15, -0.1) is 0 Å². The van der Waals surface area contributed by atoms with E-state index >= 15 is 0 Å². The van der Waals surface area contributed by atoms with E-state index in [-0.39, 0.29) is 23.4 Å². The third kappa shape index (κ3) is 3.57. The zero-order chi connectivity index (χ0) is 17.1. The zero-order valence-corrected chi connectivity index (χ0v) is 14.5. The summed E-state index contributed by atoms with van der Waals surface area (Å²) in [6.45, 7) is 9.47. The van der Waals surface area contributed by atoms with Crippen molar-refractivity contribution in [1.29, 1.82) is 0 Å². The minimum atomic E-state index is -0.941. The van der Waals surface area contributed by atoms with Gasteiger partial charge in [0.2, 0.25) is 5.91 Å². The predicted molar refractivity (Wildman–Crippen MR) is 87.4 cm³/mol. The van der Waals surface area contributed by atoms with Gasteiger partial charge in [0, 0.05) is 19.0 Å². The molecule has 0 radical (unpaired) electrons. The Morgan fingerprint density at radius 1 is 1.35 bits per heavy atom. The number of carboxylic acid groups (broad SMARTS) is 1. The summed E-state index contributed by atoms with van der Waals surface area (Å²) in [7, 11) is 0. The Kier molecular flexibility index (Phi) is 5.44. The van der Waals surface area contributed by atoms with Crippen molar-refractivity contribution in [2.45, 2.75) is 53.0 Å². The van der Waals surface area contributed by atoms with Gasteiger partial charge in [-0.3, -0.25) is 9.48 Å². The number of hydrogen-bond acceptors (Lipinski definition) is 3. The van der Waals surface area contributed by atoms with E-state index in [1.165, 1.54) is 6.20 Å². The Morgan fingerprint density at radius 3 is 2.43 bits per heavy atom. The van der Waals surface area contributed by atoms with Crippen molar-refractivity contribution < 1.29 is 14.7 Å². The summed E-state index contributed by atoms with van der Waals surface area (Å²) in [5.74, 6) is -0.252. The maximum Gasteiger partial charge on any atom is 0.339 e. The first-order chi connectivity index (χ1) is 10.9. The molecule has 0 saturated carbocycles. The molecule has 1 amide bonds. The number of rotatable bonds is 5. The van der Waals surface area contributed by atoms with Crippen molar-refractivity contribution in [2.75, 3.05) is 13.1 Å². The number of aromatic carboxylic acids is 1. The molecule has 6 nitrogen and oxygen atoms in total. The number of carboxylic acids is 1. The molecule has 1 saturated heterocycles. The van der Waals surface area contributed by atoms with Gasteiger partial charge in [0.1, 0.15) is 5.56 Å². The van der Waals surface area contributed by atoms with Crippen LogP contribution in [0.2, 0.25) is 0 Å². The van der Waals surface area contributed by atoms with Crippen molar-refractivity contribution >= 4 is 11.9 Å². The number of carbonyl (C=O) groups is 2. The molecule has 1 aromatic rings. The number of carbonyl (C=O) groups excluding carboxylic acids is 1. The number of hydrogen-bond donors (Lipinski definition) is 1. The van der Waals surface area contributed by atoms with Gasteiger partial charge in [-0.25, -0.2) is 4.79 Å². The molecule has 0 spiro atoms. The Morgan fingerprint density at radius 2 is 1.96 bits per heavy atom. The fraction of sp³-hybridized carbons (Fsp3) is 0.706. The van der Waals surface area contributed by atoms with Crippen LogP contribution in [0, 0.1) is 18.8 Å². The van der Waals surface area contributed by atoms with Crippen LogP contribution in [0.1, 0.15) is 62.1 Å². The van der Waals surface area contributed by atoms with Gasteiger partial charge in [0.05, 0.1) is 17.9 Å². The molecule has 0 bridgehead atoms. The van der Waals surface area contributed by atoms with Crippen LogP contribution in [0.3, 0.4) is 0 Å². The van der Waals surface area contributed by atoms with Gasteiger partial charge in [0.25, 0.3) is 0 Å². The van der Waals surface area contributed by atoms with Crippen LogP contribution in [-0.2, 0) is 4.79 Å². The number of aromatic nitrogens is 2. The Balaban J connectivity index is 1.99. The van der Waals surface area contributed by atoms with E-state index in [1.807, 2.05) is 16.5 Å². The molecule has 0 aromatic carbocycles. The van der Waals surface area contributed by atoms with E-state index in [0.29, 0.717) is 24.7 Å². The van der Waals surface area contributed by atoms with Gasteiger partial charge >= 0.3 is 5.97 Å². The normalized spacial score (nSPS) is 18.7. The van der Waals surface area contributed by atoms with Crippen LogP contribution in [0.15, 0.2) is 6.20 Å². The third-order valence-corrected chi connectivity index (χ3v) is 5.28. The van der Waals surface area contributed by atoms with Crippen molar-refractivity contribution in [3.8, 4) is 0 Å². The molecule has 23 heavy (non-hydrogen) atoms. The molecule has 128 valence electrons. The van der Waals surface area contributed by atoms with Crippen LogP contribution in [0.5, 0.6) is 0 Å². The fourth-order valence-electron chi connectivity index (χ4n) is 3.22. The number of amides is 1. The zero-order valence-electron chi connectivity index (χ0n) is 14.5. The van der Waals surface area contributed by atoms with Crippen molar-refractivity contribution in [2.24, 2.45) is 11.8 Å². The Hall–Kier alpha value is -1.85. The molecule has 2 rings (SSSR count). The highest BCUT2D eigenvalue weighted by Gasteiger charge is 2.30. The van der Waals surface area contributed by atoms with Crippen molar-refractivity contribution in [1.82, 2.24) is 14.7 Å². The average molecular weight is 321 g/mol. The quantitative estimate of drug-likeness (QED) is 0.905. The van der Waals surface area contributed by atoms with Gasteiger partial charge in [0.15, 0.2) is 0 Å². The molecule has 2 unspecified atom stereocenters. The average Bonchev–Trinajstić information content (AvgIpc) is 2.94. The first-order valence-electron chi connectivity index (χ1n) is 8.43. The molecular formula is C17H27N3O3. The van der Waals surface area contributed by atoms with Crippen LogP contribution in [-0.4, -0.2) is 44.8 Å². The lowest BCUT2D eigenvalue weighted by molar-refractivity contribution is -0.137. The first kappa shape index (κ1) is 17.5. The summed E-state index contributed by atoms with van der Waals surface area (Å²) in [5.41, 5.74) is 0.948. The second-order valence-electron chi connectivity index (χ2n) is 6.62. The van der Waals surface area contributed by atoms with E-state index in [2.05, 4.69) is 18.9 Å². The lowest BCUT2D eigenvalue weighted by Crippen LogP contribution is -2.43. The predicted octanol–water partition coefficient (Wildman–Crippen LogP) is 2.74. The molecule has 2 atom stereocenters. The molecule has 1 aromatic heterocycles. The van der Waals surface area contributed by atoms with Gasteiger partial charge in [-0.05, 0) is 25.7 Å². The maximum atomic E-state index is 12.5. The summed E-state index contributed by atoms with van der Waals surface area (Å²) < 4.78 is 1.81. The van der Waals surface area contributed by atoms with Crippen LogP contribution in [0.25, 0.3) is 0 Å². The molecule has 1 fully saturated rings. The smallest absolute Gasteiger partial charge is 0.339 e. The van der Waals surface area contributed by atoms with Gasteiger partial charge in [-0.2, -0.15) is 5.10 Å². The second-order valence-corrected chi connectivity index (χ2v) is 6.62. The second kappa shape index (κ2) is 7.15. The lowest BCUT2D eigenvalue weighted by Gasteiger charge is -2.35. The van der Waals surface area contributed by atoms with Crippen LogP contribution >= 0.6 is 0 Å². The third-order valence-electron chi connectivity index (χ3n) is 5.28. The number of piperidine rings is 1. The topological polar surface area (TPSA) is 75.4 Å². The molecule has 1 aliphatic heterocycles. The summed E-state index contributed by atoms with van der Waals surface area (Å²) in [5, 5.41) is 13.4.